The molecule has 2 rings (SSSR count). The van der Waals surface area contributed by atoms with E-state index >= 15 is 0 Å². The van der Waals surface area contributed by atoms with Crippen molar-refractivity contribution in [2.24, 2.45) is 0 Å². The quantitative estimate of drug-likeness (QED) is 0.791. The van der Waals surface area contributed by atoms with E-state index in [0.29, 0.717) is 0 Å². The lowest BCUT2D eigenvalue weighted by Crippen LogP contribution is -1.96. The van der Waals surface area contributed by atoms with Crippen molar-refractivity contribution in [3.05, 3.63) is 47.5 Å². The summed E-state index contributed by atoms with van der Waals surface area (Å²) in [4.78, 5) is 4.31. The predicted molar refractivity (Wildman–Crippen MR) is 77.0 cm³/mol. The van der Waals surface area contributed by atoms with Crippen LogP contribution in [0.2, 0.25) is 0 Å². The van der Waals surface area contributed by atoms with Crippen molar-refractivity contribution in [3.63, 3.8) is 0 Å². The van der Waals surface area contributed by atoms with E-state index in [4.69, 9.17) is 4.74 Å². The maximum Gasteiger partial charge on any atom is 0.132 e. The van der Waals surface area contributed by atoms with Crippen molar-refractivity contribution in [2.45, 2.75) is 27.7 Å². The largest absolute Gasteiger partial charge is 0.496 e. The van der Waals surface area contributed by atoms with Gasteiger partial charge in [-0.15, -0.1) is 0 Å². The van der Waals surface area contributed by atoms with E-state index in [9.17, 15) is 4.39 Å². The number of hydrogen-bond acceptors (Lipinski definition) is 2. The number of hydrogen-bond donors (Lipinski definition) is 0. The van der Waals surface area contributed by atoms with Gasteiger partial charge in [-0.1, -0.05) is 26.0 Å². The van der Waals surface area contributed by atoms with Crippen molar-refractivity contribution < 1.29 is 9.13 Å². The molecule has 0 aliphatic carbocycles. The second kappa shape index (κ2) is 6.88. The van der Waals surface area contributed by atoms with Crippen LogP contribution >= 0.6 is 0 Å². The predicted octanol–water partition coefficient (Wildman–Crippen LogP) is 4.54. The number of rotatable bonds is 2. The fourth-order valence-corrected chi connectivity index (χ4v) is 1.78. The normalized spacial score (nSPS) is 9.58. The van der Waals surface area contributed by atoms with Crippen molar-refractivity contribution in [3.8, 4) is 16.9 Å². The highest BCUT2D eigenvalue weighted by atomic mass is 19.1. The van der Waals surface area contributed by atoms with Crippen LogP contribution < -0.4 is 4.74 Å². The number of ether oxygens (including phenoxy) is 1. The summed E-state index contributed by atoms with van der Waals surface area (Å²) in [6, 6.07) is 6.32. The Morgan fingerprint density at radius 1 is 1.05 bits per heavy atom. The zero-order valence-electron chi connectivity index (χ0n) is 12.1. The second-order valence-corrected chi connectivity index (χ2v) is 3.92. The molecule has 0 atom stereocenters. The van der Waals surface area contributed by atoms with Crippen LogP contribution in [0, 0.1) is 19.7 Å². The Morgan fingerprint density at radius 2 is 1.63 bits per heavy atom. The van der Waals surface area contributed by atoms with Gasteiger partial charge in [-0.2, -0.15) is 0 Å². The smallest absolute Gasteiger partial charge is 0.132 e. The average molecular weight is 261 g/mol. The van der Waals surface area contributed by atoms with Gasteiger partial charge in [0, 0.05) is 23.0 Å². The molecule has 1 aromatic carbocycles. The third kappa shape index (κ3) is 3.31. The SMILES string of the molecule is CC.COc1c(-c2ccc(F)cc2)cnc(C)c1C. The molecular formula is C16H20FNO. The van der Waals surface area contributed by atoms with Crippen molar-refractivity contribution in [2.75, 3.05) is 7.11 Å². The summed E-state index contributed by atoms with van der Waals surface area (Å²) in [5.74, 6) is 0.550. The summed E-state index contributed by atoms with van der Waals surface area (Å²) in [5, 5.41) is 0. The highest BCUT2D eigenvalue weighted by Crippen LogP contribution is 2.33. The minimum atomic E-state index is -0.246. The fourth-order valence-electron chi connectivity index (χ4n) is 1.78. The van der Waals surface area contributed by atoms with Gasteiger partial charge in [-0.25, -0.2) is 4.39 Å². The molecule has 0 spiro atoms. The van der Waals surface area contributed by atoms with Crippen molar-refractivity contribution in [1.29, 1.82) is 0 Å². The minimum absolute atomic E-state index is 0.246. The lowest BCUT2D eigenvalue weighted by molar-refractivity contribution is 0.412. The Hall–Kier alpha value is -1.90. The third-order valence-corrected chi connectivity index (χ3v) is 2.87. The minimum Gasteiger partial charge on any atom is -0.496 e. The molecule has 0 saturated heterocycles. The lowest BCUT2D eigenvalue weighted by atomic mass is 10.0. The molecule has 0 amide bonds. The van der Waals surface area contributed by atoms with Gasteiger partial charge in [0.05, 0.1) is 7.11 Å². The molecule has 0 bridgehead atoms. The summed E-state index contributed by atoms with van der Waals surface area (Å²) in [6.45, 7) is 7.90. The zero-order valence-corrected chi connectivity index (χ0v) is 12.1. The molecule has 0 aliphatic rings. The molecule has 1 aromatic heterocycles. The van der Waals surface area contributed by atoms with Gasteiger partial charge in [0.25, 0.3) is 0 Å². The van der Waals surface area contributed by atoms with Gasteiger partial charge < -0.3 is 4.74 Å². The van der Waals surface area contributed by atoms with E-state index < -0.39 is 0 Å². The number of methoxy groups -OCH3 is 1. The van der Waals surface area contributed by atoms with E-state index in [1.165, 1.54) is 12.1 Å². The van der Waals surface area contributed by atoms with E-state index in [1.54, 1.807) is 25.4 Å². The summed E-state index contributed by atoms with van der Waals surface area (Å²) in [7, 11) is 1.63. The van der Waals surface area contributed by atoms with Gasteiger partial charge in [-0.05, 0) is 31.5 Å². The molecule has 0 saturated carbocycles. The van der Waals surface area contributed by atoms with Crippen LogP contribution in [0.1, 0.15) is 25.1 Å². The number of nitrogens with zero attached hydrogens (tertiary/aromatic N) is 1. The first-order chi connectivity index (χ1) is 9.13. The first-order valence-electron chi connectivity index (χ1n) is 6.39. The van der Waals surface area contributed by atoms with Crippen molar-refractivity contribution in [1.82, 2.24) is 4.98 Å². The first-order valence-corrected chi connectivity index (χ1v) is 6.39. The number of aryl methyl sites for hydroxylation is 1. The monoisotopic (exact) mass is 261 g/mol. The molecule has 0 fully saturated rings. The van der Waals surface area contributed by atoms with Crippen LogP contribution in [0.3, 0.4) is 0 Å². The number of aromatic nitrogens is 1. The van der Waals surface area contributed by atoms with Crippen LogP contribution in [0.4, 0.5) is 4.39 Å². The van der Waals surface area contributed by atoms with Gasteiger partial charge >= 0.3 is 0 Å². The van der Waals surface area contributed by atoms with Crippen LogP contribution in [0.15, 0.2) is 30.5 Å². The molecule has 0 radical (unpaired) electrons. The van der Waals surface area contributed by atoms with Crippen LogP contribution in [0.25, 0.3) is 11.1 Å². The first kappa shape index (κ1) is 15.2. The Labute approximate surface area is 114 Å². The second-order valence-electron chi connectivity index (χ2n) is 3.92. The zero-order chi connectivity index (χ0) is 14.4. The lowest BCUT2D eigenvalue weighted by Gasteiger charge is -2.12. The molecule has 2 aromatic rings. The van der Waals surface area contributed by atoms with E-state index in [1.807, 2.05) is 27.7 Å². The highest BCUT2D eigenvalue weighted by Gasteiger charge is 2.11. The maximum atomic E-state index is 12.9. The maximum absolute atomic E-state index is 12.9. The summed E-state index contributed by atoms with van der Waals surface area (Å²) >= 11 is 0. The molecule has 0 N–H and O–H groups in total. The Kier molecular flexibility index (Phi) is 5.49. The van der Waals surface area contributed by atoms with Crippen LogP contribution in [0.5, 0.6) is 5.75 Å². The van der Waals surface area contributed by atoms with E-state index in [-0.39, 0.29) is 5.82 Å². The van der Waals surface area contributed by atoms with Gasteiger partial charge in [0.2, 0.25) is 0 Å². The van der Waals surface area contributed by atoms with Gasteiger partial charge in [0.1, 0.15) is 11.6 Å². The Morgan fingerprint density at radius 3 is 2.16 bits per heavy atom. The molecule has 102 valence electrons. The average Bonchev–Trinajstić information content (AvgIpc) is 2.45. The summed E-state index contributed by atoms with van der Waals surface area (Å²) in [6.07, 6.45) is 1.76. The molecule has 0 aliphatic heterocycles. The third-order valence-electron chi connectivity index (χ3n) is 2.87. The molecular weight excluding hydrogens is 241 g/mol. The highest BCUT2D eigenvalue weighted by molar-refractivity contribution is 5.71. The Bertz CT molecular complexity index is 535. The van der Waals surface area contributed by atoms with Gasteiger partial charge in [-0.3, -0.25) is 4.98 Å². The van der Waals surface area contributed by atoms with E-state index in [0.717, 1.165) is 28.1 Å². The Balaban J connectivity index is 0.000000861. The molecule has 2 nitrogen and oxygen atoms in total. The topological polar surface area (TPSA) is 22.1 Å². The molecule has 3 heteroatoms. The fraction of sp³-hybridized carbons (Fsp3) is 0.312. The number of halogens is 1. The standard InChI is InChI=1S/C14H14FNO.C2H6/c1-9-10(2)16-8-13(14(9)17-3)11-4-6-12(15)7-5-11;1-2/h4-8H,1-3H3;1-2H3. The van der Waals surface area contributed by atoms with E-state index in [2.05, 4.69) is 4.98 Å². The molecule has 1 heterocycles. The molecule has 19 heavy (non-hydrogen) atoms. The number of pyridine rings is 1. The summed E-state index contributed by atoms with van der Waals surface area (Å²) in [5.41, 5.74) is 3.73. The number of benzene rings is 1. The van der Waals surface area contributed by atoms with Crippen LogP contribution in [-0.2, 0) is 0 Å². The summed E-state index contributed by atoms with van der Waals surface area (Å²) < 4.78 is 18.3. The van der Waals surface area contributed by atoms with Gasteiger partial charge in [0.15, 0.2) is 0 Å². The molecule has 0 unspecified atom stereocenters. The van der Waals surface area contributed by atoms with Crippen LogP contribution in [-0.4, -0.2) is 12.1 Å². The van der Waals surface area contributed by atoms with Crippen molar-refractivity contribution >= 4 is 0 Å².